The van der Waals surface area contributed by atoms with Crippen molar-refractivity contribution in [3.63, 3.8) is 0 Å². The SMILES string of the molecule is FCCNC(CCl)c1ccccc1. The van der Waals surface area contributed by atoms with E-state index in [1.54, 1.807) is 0 Å². The molecule has 0 heterocycles. The van der Waals surface area contributed by atoms with Gasteiger partial charge in [-0.2, -0.15) is 0 Å². The average Bonchev–Trinajstić information content (AvgIpc) is 2.21. The first kappa shape index (κ1) is 10.5. The molecule has 1 aromatic carbocycles. The molecule has 0 saturated carbocycles. The maximum absolute atomic E-state index is 11.9. The van der Waals surface area contributed by atoms with E-state index in [1.165, 1.54) is 0 Å². The minimum absolute atomic E-state index is 0.0543. The predicted octanol–water partition coefficient (Wildman–Crippen LogP) is 2.53. The first-order chi connectivity index (χ1) is 6.38. The van der Waals surface area contributed by atoms with Gasteiger partial charge in [-0.15, -0.1) is 11.6 Å². The standard InChI is InChI=1S/C10H13ClFN/c11-8-10(13-7-6-12)9-4-2-1-3-5-9/h1-5,10,13H,6-8H2. The molecule has 0 spiro atoms. The number of rotatable bonds is 5. The van der Waals surface area contributed by atoms with Crippen LogP contribution in [0.2, 0.25) is 0 Å². The lowest BCUT2D eigenvalue weighted by atomic mass is 10.1. The smallest absolute Gasteiger partial charge is 0.102 e. The lowest BCUT2D eigenvalue weighted by Crippen LogP contribution is -2.24. The maximum atomic E-state index is 11.9. The highest BCUT2D eigenvalue weighted by Crippen LogP contribution is 2.13. The van der Waals surface area contributed by atoms with Gasteiger partial charge in [0.05, 0.1) is 0 Å². The number of alkyl halides is 2. The predicted molar refractivity (Wildman–Crippen MR) is 53.9 cm³/mol. The van der Waals surface area contributed by atoms with E-state index in [9.17, 15) is 4.39 Å². The third-order valence-electron chi connectivity index (χ3n) is 1.84. The molecule has 0 amide bonds. The van der Waals surface area contributed by atoms with Crippen LogP contribution in [0.5, 0.6) is 0 Å². The van der Waals surface area contributed by atoms with E-state index in [0.717, 1.165) is 5.56 Å². The van der Waals surface area contributed by atoms with Crippen molar-refractivity contribution in [1.29, 1.82) is 0 Å². The third-order valence-corrected chi connectivity index (χ3v) is 2.15. The summed E-state index contributed by atoms with van der Waals surface area (Å²) in [7, 11) is 0. The van der Waals surface area contributed by atoms with E-state index in [0.29, 0.717) is 12.4 Å². The third kappa shape index (κ3) is 3.33. The average molecular weight is 202 g/mol. The Hall–Kier alpha value is -0.600. The summed E-state index contributed by atoms with van der Waals surface area (Å²) < 4.78 is 11.9. The van der Waals surface area contributed by atoms with Gasteiger partial charge in [-0.3, -0.25) is 0 Å². The number of hydrogen-bond acceptors (Lipinski definition) is 1. The minimum atomic E-state index is -0.361. The molecule has 0 saturated heterocycles. The molecular formula is C10H13ClFN. The number of nitrogens with one attached hydrogen (secondary N) is 1. The van der Waals surface area contributed by atoms with Crippen LogP contribution in [-0.4, -0.2) is 19.1 Å². The first-order valence-corrected chi connectivity index (χ1v) is 4.82. The monoisotopic (exact) mass is 201 g/mol. The summed E-state index contributed by atoms with van der Waals surface area (Å²) in [4.78, 5) is 0. The summed E-state index contributed by atoms with van der Waals surface area (Å²) >= 11 is 5.75. The Labute approximate surface area is 82.9 Å². The molecule has 0 aromatic heterocycles. The Balaban J connectivity index is 2.56. The molecule has 0 aliphatic carbocycles. The summed E-state index contributed by atoms with van der Waals surface area (Å²) in [6, 6.07) is 9.87. The lowest BCUT2D eigenvalue weighted by Gasteiger charge is -2.14. The summed E-state index contributed by atoms with van der Waals surface area (Å²) in [6.07, 6.45) is 0. The minimum Gasteiger partial charge on any atom is -0.306 e. The van der Waals surface area contributed by atoms with Gasteiger partial charge < -0.3 is 5.32 Å². The summed E-state index contributed by atoms with van der Waals surface area (Å²) in [5, 5.41) is 3.03. The van der Waals surface area contributed by atoms with Crippen molar-refractivity contribution in [2.45, 2.75) is 6.04 Å². The maximum Gasteiger partial charge on any atom is 0.102 e. The Bertz CT molecular complexity index is 228. The van der Waals surface area contributed by atoms with Crippen LogP contribution in [0.4, 0.5) is 4.39 Å². The second kappa shape index (κ2) is 5.95. The quantitative estimate of drug-likeness (QED) is 0.722. The summed E-state index contributed by atoms with van der Waals surface area (Å²) in [5.41, 5.74) is 1.10. The molecule has 72 valence electrons. The van der Waals surface area contributed by atoms with Gasteiger partial charge >= 0.3 is 0 Å². The van der Waals surface area contributed by atoms with Crippen LogP contribution in [0, 0.1) is 0 Å². The molecule has 1 aromatic rings. The van der Waals surface area contributed by atoms with E-state index < -0.39 is 0 Å². The van der Waals surface area contributed by atoms with E-state index in [1.807, 2.05) is 30.3 Å². The molecule has 1 rings (SSSR count). The van der Waals surface area contributed by atoms with Gasteiger partial charge in [0, 0.05) is 18.5 Å². The largest absolute Gasteiger partial charge is 0.306 e. The molecule has 13 heavy (non-hydrogen) atoms. The molecule has 1 nitrogen and oxygen atoms in total. The topological polar surface area (TPSA) is 12.0 Å². The lowest BCUT2D eigenvalue weighted by molar-refractivity contribution is 0.445. The zero-order valence-corrected chi connectivity index (χ0v) is 8.10. The van der Waals surface area contributed by atoms with Gasteiger partial charge in [-0.1, -0.05) is 30.3 Å². The molecule has 0 bridgehead atoms. The zero-order chi connectivity index (χ0) is 9.52. The van der Waals surface area contributed by atoms with Crippen LogP contribution >= 0.6 is 11.6 Å². The summed E-state index contributed by atoms with van der Waals surface area (Å²) in [5.74, 6) is 0.462. The Morgan fingerprint density at radius 2 is 2.00 bits per heavy atom. The van der Waals surface area contributed by atoms with Crippen LogP contribution < -0.4 is 5.32 Å². The van der Waals surface area contributed by atoms with Gasteiger partial charge in [0.25, 0.3) is 0 Å². The van der Waals surface area contributed by atoms with Gasteiger partial charge in [0.1, 0.15) is 6.67 Å². The second-order valence-electron chi connectivity index (χ2n) is 2.76. The van der Waals surface area contributed by atoms with Crippen LogP contribution in [0.1, 0.15) is 11.6 Å². The van der Waals surface area contributed by atoms with E-state index >= 15 is 0 Å². The molecule has 3 heteroatoms. The van der Waals surface area contributed by atoms with Gasteiger partial charge in [-0.05, 0) is 5.56 Å². The van der Waals surface area contributed by atoms with E-state index in [-0.39, 0.29) is 12.7 Å². The number of hydrogen-bond donors (Lipinski definition) is 1. The normalized spacial score (nSPS) is 12.8. The highest BCUT2D eigenvalue weighted by Gasteiger charge is 2.07. The Kier molecular flexibility index (Phi) is 4.79. The van der Waals surface area contributed by atoms with Crippen LogP contribution in [0.25, 0.3) is 0 Å². The Morgan fingerprint density at radius 3 is 2.54 bits per heavy atom. The van der Waals surface area contributed by atoms with Crippen molar-refractivity contribution in [2.24, 2.45) is 0 Å². The zero-order valence-electron chi connectivity index (χ0n) is 7.34. The fourth-order valence-electron chi connectivity index (χ4n) is 1.18. The fourth-order valence-corrected chi connectivity index (χ4v) is 1.46. The fraction of sp³-hybridized carbons (Fsp3) is 0.400. The number of halogens is 2. The molecule has 1 N–H and O–H groups in total. The summed E-state index contributed by atoms with van der Waals surface area (Å²) in [6.45, 7) is -0.00744. The molecule has 1 unspecified atom stereocenters. The van der Waals surface area contributed by atoms with Crippen molar-refractivity contribution in [2.75, 3.05) is 19.1 Å². The van der Waals surface area contributed by atoms with E-state index in [4.69, 9.17) is 11.6 Å². The molecule has 1 atom stereocenters. The molecule has 0 aliphatic heterocycles. The second-order valence-corrected chi connectivity index (χ2v) is 3.07. The van der Waals surface area contributed by atoms with Crippen LogP contribution in [0.3, 0.4) is 0 Å². The van der Waals surface area contributed by atoms with Crippen LogP contribution in [0.15, 0.2) is 30.3 Å². The van der Waals surface area contributed by atoms with Gasteiger partial charge in [0.2, 0.25) is 0 Å². The van der Waals surface area contributed by atoms with Crippen molar-refractivity contribution in [3.8, 4) is 0 Å². The van der Waals surface area contributed by atoms with Gasteiger partial charge in [-0.25, -0.2) is 4.39 Å². The van der Waals surface area contributed by atoms with Crippen molar-refractivity contribution in [1.82, 2.24) is 5.32 Å². The highest BCUT2D eigenvalue weighted by atomic mass is 35.5. The molecule has 0 aliphatic rings. The number of benzene rings is 1. The van der Waals surface area contributed by atoms with Crippen molar-refractivity contribution in [3.05, 3.63) is 35.9 Å². The highest BCUT2D eigenvalue weighted by molar-refractivity contribution is 6.18. The Morgan fingerprint density at radius 1 is 1.31 bits per heavy atom. The molecule has 0 radical (unpaired) electrons. The van der Waals surface area contributed by atoms with Crippen molar-refractivity contribution >= 4 is 11.6 Å². The van der Waals surface area contributed by atoms with Crippen LogP contribution in [-0.2, 0) is 0 Å². The van der Waals surface area contributed by atoms with Crippen molar-refractivity contribution < 1.29 is 4.39 Å². The molecule has 0 fully saturated rings. The van der Waals surface area contributed by atoms with E-state index in [2.05, 4.69) is 5.32 Å². The van der Waals surface area contributed by atoms with Gasteiger partial charge in [0.15, 0.2) is 0 Å². The first-order valence-electron chi connectivity index (χ1n) is 4.28. The molecular weight excluding hydrogens is 189 g/mol.